The third-order valence-corrected chi connectivity index (χ3v) is 5.69. The number of furan rings is 1. The van der Waals surface area contributed by atoms with Crippen molar-refractivity contribution in [3.63, 3.8) is 0 Å². The highest BCUT2D eigenvalue weighted by atomic mass is 16.5. The Labute approximate surface area is 188 Å². The minimum Gasteiger partial charge on any atom is -0.503 e. The van der Waals surface area contributed by atoms with Crippen LogP contribution in [0.5, 0.6) is 5.75 Å². The van der Waals surface area contributed by atoms with Crippen LogP contribution in [-0.2, 0) is 9.59 Å². The molecule has 1 N–H and O–H groups in total. The lowest BCUT2D eigenvalue weighted by Crippen LogP contribution is -2.34. The fourth-order valence-corrected chi connectivity index (χ4v) is 3.93. The van der Waals surface area contributed by atoms with E-state index in [4.69, 9.17) is 9.15 Å². The molecule has 2 aromatic rings. The highest BCUT2D eigenvalue weighted by Gasteiger charge is 2.42. The molecular weight excluding hydrogens is 408 g/mol. The van der Waals surface area contributed by atoms with Crippen molar-refractivity contribution < 1.29 is 23.8 Å². The maximum Gasteiger partial charge on any atom is 0.290 e. The Morgan fingerprint density at radius 1 is 1.25 bits per heavy atom. The molecule has 0 radical (unpaired) electrons. The number of ketones is 1. The molecule has 7 heteroatoms. The minimum atomic E-state index is -0.692. The fourth-order valence-electron chi connectivity index (χ4n) is 3.93. The molecule has 3 rings (SSSR count). The molecule has 0 bridgehead atoms. The Morgan fingerprint density at radius 2 is 2.03 bits per heavy atom. The van der Waals surface area contributed by atoms with E-state index >= 15 is 0 Å². The summed E-state index contributed by atoms with van der Waals surface area (Å²) in [7, 11) is 1.56. The van der Waals surface area contributed by atoms with Gasteiger partial charge < -0.3 is 24.1 Å². The van der Waals surface area contributed by atoms with Gasteiger partial charge in [-0.15, -0.1) is 0 Å². The van der Waals surface area contributed by atoms with E-state index in [0.29, 0.717) is 23.6 Å². The maximum absolute atomic E-state index is 13.1. The summed E-state index contributed by atoms with van der Waals surface area (Å²) in [5.74, 6) is -0.354. The zero-order valence-corrected chi connectivity index (χ0v) is 18.8. The number of aliphatic hydroxyl groups excluding tert-OH is 1. The van der Waals surface area contributed by atoms with Crippen molar-refractivity contribution in [2.24, 2.45) is 0 Å². The molecule has 7 nitrogen and oxygen atoms in total. The first kappa shape index (κ1) is 23.3. The van der Waals surface area contributed by atoms with Crippen LogP contribution < -0.4 is 4.74 Å². The largest absolute Gasteiger partial charge is 0.503 e. The molecule has 1 aliphatic heterocycles. The lowest BCUT2D eigenvalue weighted by atomic mass is 9.95. The van der Waals surface area contributed by atoms with Crippen molar-refractivity contribution in [3.05, 3.63) is 71.4 Å². The molecule has 0 saturated heterocycles. The van der Waals surface area contributed by atoms with Gasteiger partial charge in [-0.3, -0.25) is 9.59 Å². The fraction of sp³-hybridized carbons (Fsp3) is 0.360. The summed E-state index contributed by atoms with van der Waals surface area (Å²) in [6, 6.07) is 9.98. The summed E-state index contributed by atoms with van der Waals surface area (Å²) in [5.41, 5.74) is 0.772. The summed E-state index contributed by atoms with van der Waals surface area (Å²) in [5, 5.41) is 10.7. The molecule has 1 amide bonds. The number of ether oxygens (including phenoxy) is 1. The third-order valence-electron chi connectivity index (χ3n) is 5.69. The molecule has 1 atom stereocenters. The van der Waals surface area contributed by atoms with Crippen LogP contribution in [0.25, 0.3) is 6.08 Å². The van der Waals surface area contributed by atoms with Crippen molar-refractivity contribution >= 4 is 17.8 Å². The number of hydrogen-bond donors (Lipinski definition) is 1. The third kappa shape index (κ3) is 5.11. The standard InChI is InChI=1S/C25H30N2O5/c1-4-26(5-2)14-8-15-27-23(18-9-6-10-20(17-18)31-3)22(24(29)25(27)30)21(28)13-12-19-11-7-16-32-19/h6-7,9-13,16-17,23,29H,4-5,8,14-15H2,1-3H3. The van der Waals surface area contributed by atoms with Gasteiger partial charge >= 0.3 is 0 Å². The van der Waals surface area contributed by atoms with Crippen molar-refractivity contribution in [2.45, 2.75) is 26.3 Å². The predicted molar refractivity (Wildman–Crippen MR) is 122 cm³/mol. The SMILES string of the molecule is CCN(CC)CCCN1C(=O)C(O)=C(C(=O)C=Cc2ccco2)C1c1cccc(OC)c1. The summed E-state index contributed by atoms with van der Waals surface area (Å²) < 4.78 is 10.6. The second kappa shape index (κ2) is 10.8. The number of aliphatic hydroxyl groups is 1. The number of hydrogen-bond acceptors (Lipinski definition) is 6. The van der Waals surface area contributed by atoms with Crippen molar-refractivity contribution in [3.8, 4) is 5.75 Å². The van der Waals surface area contributed by atoms with E-state index in [1.165, 1.54) is 18.4 Å². The van der Waals surface area contributed by atoms with Gasteiger partial charge in [-0.2, -0.15) is 0 Å². The van der Waals surface area contributed by atoms with Crippen LogP contribution in [0, 0.1) is 0 Å². The van der Waals surface area contributed by atoms with E-state index in [-0.39, 0.29) is 5.57 Å². The number of amides is 1. The smallest absolute Gasteiger partial charge is 0.290 e. The first-order chi connectivity index (χ1) is 15.5. The van der Waals surface area contributed by atoms with Crippen molar-refractivity contribution in [1.29, 1.82) is 0 Å². The zero-order chi connectivity index (χ0) is 23.1. The van der Waals surface area contributed by atoms with Crippen molar-refractivity contribution in [2.75, 3.05) is 33.3 Å². The van der Waals surface area contributed by atoms with Gasteiger partial charge in [-0.05, 0) is 68.0 Å². The van der Waals surface area contributed by atoms with Crippen LogP contribution in [-0.4, -0.2) is 59.9 Å². The van der Waals surface area contributed by atoms with E-state index in [0.717, 1.165) is 26.1 Å². The monoisotopic (exact) mass is 438 g/mol. The van der Waals surface area contributed by atoms with Gasteiger partial charge in [0, 0.05) is 6.54 Å². The summed E-state index contributed by atoms with van der Waals surface area (Å²) in [4.78, 5) is 29.9. The number of nitrogens with zero attached hydrogens (tertiary/aromatic N) is 2. The molecule has 0 spiro atoms. The normalized spacial score (nSPS) is 16.6. The summed E-state index contributed by atoms with van der Waals surface area (Å²) >= 11 is 0. The average molecular weight is 439 g/mol. The van der Waals surface area contributed by atoms with E-state index in [2.05, 4.69) is 18.7 Å². The quantitative estimate of drug-likeness (QED) is 0.534. The first-order valence-electron chi connectivity index (χ1n) is 10.9. The molecule has 32 heavy (non-hydrogen) atoms. The van der Waals surface area contributed by atoms with Crippen LogP contribution in [0.1, 0.15) is 37.6 Å². The number of carbonyl (C=O) groups excluding carboxylic acids is 2. The Hall–Kier alpha value is -3.32. The van der Waals surface area contributed by atoms with Gasteiger partial charge in [0.2, 0.25) is 0 Å². The number of benzene rings is 1. The van der Waals surface area contributed by atoms with Crippen molar-refractivity contribution in [1.82, 2.24) is 9.80 Å². The first-order valence-corrected chi connectivity index (χ1v) is 10.9. The van der Waals surface area contributed by atoms with E-state index < -0.39 is 23.5 Å². The molecule has 1 aromatic carbocycles. The molecule has 170 valence electrons. The Balaban J connectivity index is 1.91. The molecule has 1 aromatic heterocycles. The number of allylic oxidation sites excluding steroid dienone is 1. The Bertz CT molecular complexity index is 990. The average Bonchev–Trinajstić information content (AvgIpc) is 3.42. The van der Waals surface area contributed by atoms with Gasteiger partial charge in [-0.1, -0.05) is 26.0 Å². The van der Waals surface area contributed by atoms with Gasteiger partial charge in [0.25, 0.3) is 5.91 Å². The predicted octanol–water partition coefficient (Wildman–Crippen LogP) is 4.00. The van der Waals surface area contributed by atoms with Crippen LogP contribution in [0.15, 0.2) is 64.5 Å². The number of carbonyl (C=O) groups is 2. The Kier molecular flexibility index (Phi) is 7.89. The van der Waals surface area contributed by atoms with Gasteiger partial charge in [-0.25, -0.2) is 0 Å². The minimum absolute atomic E-state index is 0.0638. The van der Waals surface area contributed by atoms with E-state index in [1.54, 1.807) is 36.3 Å². The molecule has 0 fully saturated rings. The molecule has 2 heterocycles. The number of methoxy groups -OCH3 is 1. The van der Waals surface area contributed by atoms with Crippen LogP contribution >= 0.6 is 0 Å². The molecular formula is C25H30N2O5. The summed E-state index contributed by atoms with van der Waals surface area (Å²) in [6.45, 7) is 7.28. The van der Waals surface area contributed by atoms with E-state index in [1.807, 2.05) is 12.1 Å². The highest BCUT2D eigenvalue weighted by Crippen LogP contribution is 2.39. The second-order valence-electron chi connectivity index (χ2n) is 7.53. The van der Waals surface area contributed by atoms with Crippen LogP contribution in [0.3, 0.4) is 0 Å². The van der Waals surface area contributed by atoms with Crippen LogP contribution in [0.4, 0.5) is 0 Å². The zero-order valence-electron chi connectivity index (χ0n) is 18.8. The van der Waals surface area contributed by atoms with Gasteiger partial charge in [0.05, 0.1) is 25.0 Å². The topological polar surface area (TPSA) is 83.2 Å². The summed E-state index contributed by atoms with van der Waals surface area (Å²) in [6.07, 6.45) is 5.09. The van der Waals surface area contributed by atoms with Gasteiger partial charge in [0.15, 0.2) is 11.5 Å². The maximum atomic E-state index is 13.1. The molecule has 1 unspecified atom stereocenters. The van der Waals surface area contributed by atoms with E-state index in [9.17, 15) is 14.7 Å². The lowest BCUT2D eigenvalue weighted by molar-refractivity contribution is -0.129. The highest BCUT2D eigenvalue weighted by molar-refractivity contribution is 6.14. The van der Waals surface area contributed by atoms with Gasteiger partial charge in [0.1, 0.15) is 11.5 Å². The van der Waals surface area contributed by atoms with Crippen LogP contribution in [0.2, 0.25) is 0 Å². The molecule has 0 saturated carbocycles. The molecule has 0 aliphatic carbocycles. The number of rotatable bonds is 11. The lowest BCUT2D eigenvalue weighted by Gasteiger charge is -2.28. The second-order valence-corrected chi connectivity index (χ2v) is 7.53. The Morgan fingerprint density at radius 3 is 2.69 bits per heavy atom. The molecule has 1 aliphatic rings.